The lowest BCUT2D eigenvalue weighted by Crippen LogP contribution is -1.96. The molecule has 0 amide bonds. The van der Waals surface area contributed by atoms with Crippen LogP contribution in [0.1, 0.15) is 0 Å². The van der Waals surface area contributed by atoms with Crippen LogP contribution in [0.4, 0.5) is 0 Å². The van der Waals surface area contributed by atoms with Crippen molar-refractivity contribution in [1.82, 2.24) is 14.1 Å². The summed E-state index contributed by atoms with van der Waals surface area (Å²) < 4.78 is 4.84. The van der Waals surface area contributed by atoms with Gasteiger partial charge in [0.1, 0.15) is 0 Å². The van der Waals surface area contributed by atoms with Crippen molar-refractivity contribution < 1.29 is 0 Å². The number of nitrogens with zero attached hydrogens (tertiary/aromatic N) is 3. The van der Waals surface area contributed by atoms with E-state index in [2.05, 4.69) is 208 Å². The van der Waals surface area contributed by atoms with Crippen molar-refractivity contribution in [3.05, 3.63) is 212 Å². The molecule has 11 aromatic rings. The van der Waals surface area contributed by atoms with Crippen LogP contribution in [0.25, 0.3) is 99.6 Å². The van der Waals surface area contributed by atoms with Crippen LogP contribution in [0.2, 0.25) is 0 Å². The standard InChI is InChI=1S/C53H35N3/c1-4-15-36(16-5-1)40-29-41(37-17-6-2-7-18-37)31-42(30-40)38-26-27-51-46(33-38)48-34-47-45-23-10-11-25-50(45)56(44-22-14-19-39(32-44)49-24-12-13-28-54-49)52(47)35-53(48)55(51)43-20-8-3-9-21-43/h1-35H. The lowest BCUT2D eigenvalue weighted by atomic mass is 9.93. The maximum atomic E-state index is 4.66. The van der Waals surface area contributed by atoms with Crippen LogP contribution < -0.4 is 0 Å². The Labute approximate surface area is 325 Å². The summed E-state index contributed by atoms with van der Waals surface area (Å²) in [7, 11) is 0. The number of hydrogen-bond donors (Lipinski definition) is 0. The highest BCUT2D eigenvalue weighted by atomic mass is 15.0. The Bertz CT molecular complexity index is 3160. The molecule has 262 valence electrons. The molecule has 3 heteroatoms. The van der Waals surface area contributed by atoms with Crippen LogP contribution in [0, 0.1) is 0 Å². The summed E-state index contributed by atoms with van der Waals surface area (Å²) in [5.41, 5.74) is 16.2. The molecule has 56 heavy (non-hydrogen) atoms. The molecule has 0 bridgehead atoms. The minimum absolute atomic E-state index is 0.961. The number of pyridine rings is 1. The van der Waals surface area contributed by atoms with E-state index in [9.17, 15) is 0 Å². The summed E-state index contributed by atoms with van der Waals surface area (Å²) in [6.07, 6.45) is 1.86. The van der Waals surface area contributed by atoms with E-state index in [1.807, 2.05) is 18.3 Å². The summed E-state index contributed by atoms with van der Waals surface area (Å²) in [5, 5.41) is 4.91. The van der Waals surface area contributed by atoms with Gasteiger partial charge in [-0.25, -0.2) is 0 Å². The summed E-state index contributed by atoms with van der Waals surface area (Å²) >= 11 is 0. The number of rotatable bonds is 6. The first-order chi connectivity index (χ1) is 27.8. The lowest BCUT2D eigenvalue weighted by Gasteiger charge is -2.12. The van der Waals surface area contributed by atoms with Gasteiger partial charge in [0, 0.05) is 44.7 Å². The van der Waals surface area contributed by atoms with Crippen LogP contribution in [0.15, 0.2) is 212 Å². The predicted molar refractivity (Wildman–Crippen MR) is 235 cm³/mol. The molecule has 0 N–H and O–H groups in total. The molecule has 0 aliphatic carbocycles. The van der Waals surface area contributed by atoms with Gasteiger partial charge in [-0.2, -0.15) is 0 Å². The normalized spacial score (nSPS) is 11.6. The molecule has 0 saturated carbocycles. The molecule has 3 nitrogen and oxygen atoms in total. The fourth-order valence-corrected chi connectivity index (χ4v) is 8.52. The predicted octanol–water partition coefficient (Wildman–Crippen LogP) is 13.9. The van der Waals surface area contributed by atoms with Crippen LogP contribution in [0.3, 0.4) is 0 Å². The highest BCUT2D eigenvalue weighted by molar-refractivity contribution is 6.19. The number of fused-ring (bicyclic) bond motifs is 6. The molecule has 0 aliphatic rings. The monoisotopic (exact) mass is 713 g/mol. The molecule has 0 fully saturated rings. The third kappa shape index (κ3) is 5.32. The van der Waals surface area contributed by atoms with Crippen molar-refractivity contribution in [2.45, 2.75) is 0 Å². The van der Waals surface area contributed by atoms with E-state index in [1.165, 1.54) is 77.0 Å². The second-order valence-corrected chi connectivity index (χ2v) is 14.4. The SMILES string of the molecule is c1ccc(-c2cc(-c3ccccc3)cc(-c3ccc4c(c3)c3cc5c6ccccc6n(-c6cccc(-c7ccccn7)c6)c5cc3n4-c3ccccc3)c2)cc1. The summed E-state index contributed by atoms with van der Waals surface area (Å²) in [4.78, 5) is 4.66. The van der Waals surface area contributed by atoms with Crippen molar-refractivity contribution in [1.29, 1.82) is 0 Å². The molecule has 11 rings (SSSR count). The first-order valence-corrected chi connectivity index (χ1v) is 19.1. The topological polar surface area (TPSA) is 22.8 Å². The third-order valence-electron chi connectivity index (χ3n) is 11.1. The number of hydrogen-bond acceptors (Lipinski definition) is 1. The molecule has 8 aromatic carbocycles. The van der Waals surface area contributed by atoms with E-state index in [4.69, 9.17) is 0 Å². The summed E-state index contributed by atoms with van der Waals surface area (Å²) in [6, 6.07) is 74.5. The quantitative estimate of drug-likeness (QED) is 0.168. The smallest absolute Gasteiger partial charge is 0.0702 e. The van der Waals surface area contributed by atoms with E-state index < -0.39 is 0 Å². The first kappa shape index (κ1) is 32.0. The van der Waals surface area contributed by atoms with Gasteiger partial charge in [0.2, 0.25) is 0 Å². The first-order valence-electron chi connectivity index (χ1n) is 19.1. The summed E-state index contributed by atoms with van der Waals surface area (Å²) in [6.45, 7) is 0. The maximum Gasteiger partial charge on any atom is 0.0702 e. The Morgan fingerprint density at radius 3 is 1.50 bits per heavy atom. The number of para-hydroxylation sites is 2. The van der Waals surface area contributed by atoms with Crippen molar-refractivity contribution in [2.24, 2.45) is 0 Å². The highest BCUT2D eigenvalue weighted by Crippen LogP contribution is 2.42. The third-order valence-corrected chi connectivity index (χ3v) is 11.1. The second-order valence-electron chi connectivity index (χ2n) is 14.4. The summed E-state index contributed by atoms with van der Waals surface area (Å²) in [5.74, 6) is 0. The zero-order valence-corrected chi connectivity index (χ0v) is 30.5. The fraction of sp³-hybridized carbons (Fsp3) is 0. The minimum atomic E-state index is 0.961. The number of aromatic nitrogens is 3. The molecular formula is C53H35N3. The van der Waals surface area contributed by atoms with E-state index in [0.717, 1.165) is 22.6 Å². The molecule has 0 radical (unpaired) electrons. The van der Waals surface area contributed by atoms with Gasteiger partial charge in [0.25, 0.3) is 0 Å². The van der Waals surface area contributed by atoms with Crippen LogP contribution >= 0.6 is 0 Å². The molecule has 0 unspecified atom stereocenters. The molecule has 0 spiro atoms. The van der Waals surface area contributed by atoms with Crippen molar-refractivity contribution in [2.75, 3.05) is 0 Å². The Kier molecular flexibility index (Phi) is 7.49. The van der Waals surface area contributed by atoms with E-state index >= 15 is 0 Å². The highest BCUT2D eigenvalue weighted by Gasteiger charge is 2.20. The van der Waals surface area contributed by atoms with Gasteiger partial charge in [0.15, 0.2) is 0 Å². The minimum Gasteiger partial charge on any atom is -0.309 e. The van der Waals surface area contributed by atoms with Gasteiger partial charge in [-0.05, 0) is 118 Å². The Balaban J connectivity index is 1.18. The van der Waals surface area contributed by atoms with E-state index in [-0.39, 0.29) is 0 Å². The van der Waals surface area contributed by atoms with Crippen LogP contribution in [-0.4, -0.2) is 14.1 Å². The van der Waals surface area contributed by atoms with Gasteiger partial charge in [-0.3, -0.25) is 4.98 Å². The van der Waals surface area contributed by atoms with E-state index in [0.29, 0.717) is 0 Å². The Morgan fingerprint density at radius 1 is 0.268 bits per heavy atom. The van der Waals surface area contributed by atoms with Gasteiger partial charge in [0.05, 0.1) is 27.8 Å². The van der Waals surface area contributed by atoms with Crippen molar-refractivity contribution in [3.8, 4) is 56.0 Å². The largest absolute Gasteiger partial charge is 0.309 e. The zero-order valence-electron chi connectivity index (χ0n) is 30.5. The molecular weight excluding hydrogens is 679 g/mol. The average molecular weight is 714 g/mol. The van der Waals surface area contributed by atoms with Gasteiger partial charge >= 0.3 is 0 Å². The van der Waals surface area contributed by atoms with Gasteiger partial charge < -0.3 is 9.13 Å². The molecule has 3 heterocycles. The van der Waals surface area contributed by atoms with E-state index in [1.54, 1.807) is 0 Å². The Hall–Kier alpha value is -7.49. The van der Waals surface area contributed by atoms with Gasteiger partial charge in [-0.1, -0.05) is 121 Å². The second kappa shape index (κ2) is 13.1. The molecule has 0 aliphatic heterocycles. The maximum absolute atomic E-state index is 4.66. The van der Waals surface area contributed by atoms with Crippen LogP contribution in [-0.2, 0) is 0 Å². The molecule has 0 saturated heterocycles. The van der Waals surface area contributed by atoms with Gasteiger partial charge in [-0.15, -0.1) is 0 Å². The number of benzene rings is 8. The zero-order chi connectivity index (χ0) is 37.0. The molecule has 0 atom stereocenters. The van der Waals surface area contributed by atoms with Crippen molar-refractivity contribution >= 4 is 43.6 Å². The van der Waals surface area contributed by atoms with Crippen LogP contribution in [0.5, 0.6) is 0 Å². The molecule has 3 aromatic heterocycles. The lowest BCUT2D eigenvalue weighted by molar-refractivity contribution is 1.16. The Morgan fingerprint density at radius 2 is 0.804 bits per heavy atom. The van der Waals surface area contributed by atoms with Crippen molar-refractivity contribution in [3.63, 3.8) is 0 Å². The fourth-order valence-electron chi connectivity index (χ4n) is 8.52. The average Bonchev–Trinajstić information content (AvgIpc) is 3.78.